The third kappa shape index (κ3) is 3.63. The van der Waals surface area contributed by atoms with Gasteiger partial charge >= 0.3 is 0 Å². The minimum Gasteiger partial charge on any atom is -0.357 e. The van der Waals surface area contributed by atoms with Crippen LogP contribution in [0.5, 0.6) is 0 Å². The van der Waals surface area contributed by atoms with Gasteiger partial charge in [-0.25, -0.2) is 4.39 Å². The van der Waals surface area contributed by atoms with E-state index in [-0.39, 0.29) is 28.3 Å². The molecule has 0 bridgehead atoms. The van der Waals surface area contributed by atoms with Crippen molar-refractivity contribution >= 4 is 28.7 Å². The summed E-state index contributed by atoms with van der Waals surface area (Å²) in [5, 5.41) is 3.48. The van der Waals surface area contributed by atoms with Crippen LogP contribution in [0.1, 0.15) is 65.9 Å². The molecule has 6 rings (SSSR count). The van der Waals surface area contributed by atoms with Gasteiger partial charge in [-0.2, -0.15) is 0 Å². The van der Waals surface area contributed by atoms with E-state index < -0.39 is 11.9 Å². The lowest BCUT2D eigenvalue weighted by molar-refractivity contribution is -0.118. The van der Waals surface area contributed by atoms with Crippen molar-refractivity contribution in [3.8, 4) is 0 Å². The molecule has 38 heavy (non-hydrogen) atoms. The van der Waals surface area contributed by atoms with Crippen molar-refractivity contribution in [2.45, 2.75) is 39.7 Å². The van der Waals surface area contributed by atoms with Crippen molar-refractivity contribution in [1.29, 1.82) is 0 Å². The lowest BCUT2D eigenvalue weighted by Gasteiger charge is -2.38. The minimum atomic E-state index is -0.872. The Hall–Kier alpha value is -4.32. The molecule has 6 heteroatoms. The Labute approximate surface area is 220 Å². The van der Waals surface area contributed by atoms with Crippen LogP contribution in [0.15, 0.2) is 95.3 Å². The predicted molar refractivity (Wildman–Crippen MR) is 145 cm³/mol. The number of carbonyl (C=O) groups is 3. The number of ketones is 3. The summed E-state index contributed by atoms with van der Waals surface area (Å²) >= 11 is 0. The normalized spacial score (nSPS) is 20.0. The molecule has 0 radical (unpaired) electrons. The SMILES string of the molecule is CC(=C1C(=O)c2ccccc2C1=O)N1c2ccccc2NC2=C(C(=O)CC(C)(C)C2)[C@H]1c1ccccc1F. The van der Waals surface area contributed by atoms with E-state index in [9.17, 15) is 14.4 Å². The number of rotatable bonds is 2. The van der Waals surface area contributed by atoms with Gasteiger partial charge in [-0.05, 0) is 37.0 Å². The zero-order valence-corrected chi connectivity index (χ0v) is 21.5. The van der Waals surface area contributed by atoms with Gasteiger partial charge in [0.25, 0.3) is 0 Å². The Kier molecular flexibility index (Phi) is 5.45. The summed E-state index contributed by atoms with van der Waals surface area (Å²) in [6, 6.07) is 19.8. The summed E-state index contributed by atoms with van der Waals surface area (Å²) in [6.07, 6.45) is 0.904. The number of benzene rings is 3. The average molecular weight is 507 g/mol. The first-order chi connectivity index (χ1) is 18.2. The molecular formula is C32H27FN2O3. The molecule has 0 fully saturated rings. The number of nitrogens with one attached hydrogen (secondary N) is 1. The number of carbonyl (C=O) groups excluding carboxylic acids is 3. The highest BCUT2D eigenvalue weighted by atomic mass is 19.1. The molecule has 0 amide bonds. The van der Waals surface area contributed by atoms with Crippen molar-refractivity contribution < 1.29 is 18.8 Å². The second-order valence-corrected chi connectivity index (χ2v) is 10.9. The minimum absolute atomic E-state index is 0.0370. The van der Waals surface area contributed by atoms with E-state index in [1.165, 1.54) is 6.07 Å². The summed E-state index contributed by atoms with van der Waals surface area (Å²) in [5.74, 6) is -1.28. The highest BCUT2D eigenvalue weighted by Crippen LogP contribution is 2.50. The van der Waals surface area contributed by atoms with Crippen molar-refractivity contribution in [2.24, 2.45) is 5.41 Å². The number of nitrogens with zero attached hydrogens (tertiary/aromatic N) is 1. The van der Waals surface area contributed by atoms with Crippen LogP contribution >= 0.6 is 0 Å². The van der Waals surface area contributed by atoms with E-state index in [4.69, 9.17) is 0 Å². The zero-order chi connectivity index (χ0) is 26.8. The zero-order valence-electron chi connectivity index (χ0n) is 21.5. The molecule has 3 aliphatic rings. The number of Topliss-reactive ketones (excluding diaryl/α,β-unsaturated/α-hetero) is 3. The van der Waals surface area contributed by atoms with Crippen LogP contribution in [0.3, 0.4) is 0 Å². The lowest BCUT2D eigenvalue weighted by atomic mass is 9.73. The Morgan fingerprint density at radius 2 is 1.47 bits per heavy atom. The standard InChI is InChI=1S/C32H27FN2O3/c1-18(27-30(37)19-10-4-5-11-20(19)31(27)38)35-25-15-9-8-14-23(25)34-24-16-32(2,3)17-26(36)28(24)29(35)21-12-6-7-13-22(21)33/h4-15,29,34H,16-17H2,1-3H3/t29-/m1/s1. The van der Waals surface area contributed by atoms with Crippen LogP contribution in [0.2, 0.25) is 0 Å². The largest absolute Gasteiger partial charge is 0.357 e. The highest BCUT2D eigenvalue weighted by Gasteiger charge is 2.44. The molecular weight excluding hydrogens is 479 g/mol. The van der Waals surface area contributed by atoms with E-state index in [1.807, 2.05) is 38.1 Å². The molecule has 1 atom stereocenters. The van der Waals surface area contributed by atoms with Gasteiger partial charge in [0, 0.05) is 40.1 Å². The van der Waals surface area contributed by atoms with E-state index in [1.54, 1.807) is 54.3 Å². The van der Waals surface area contributed by atoms with E-state index >= 15 is 4.39 Å². The summed E-state index contributed by atoms with van der Waals surface area (Å²) in [4.78, 5) is 42.8. The number of para-hydroxylation sites is 2. The van der Waals surface area contributed by atoms with Crippen molar-refractivity contribution in [3.05, 3.63) is 118 Å². The van der Waals surface area contributed by atoms with Gasteiger partial charge in [-0.1, -0.05) is 68.4 Å². The number of hydrogen-bond donors (Lipinski definition) is 1. The fourth-order valence-electron chi connectivity index (χ4n) is 6.05. The maximum absolute atomic E-state index is 15.6. The summed E-state index contributed by atoms with van der Waals surface area (Å²) in [7, 11) is 0. The molecule has 1 heterocycles. The third-order valence-corrected chi connectivity index (χ3v) is 7.69. The number of anilines is 2. The molecule has 0 unspecified atom stereocenters. The second-order valence-electron chi connectivity index (χ2n) is 10.9. The molecule has 0 aromatic heterocycles. The maximum Gasteiger partial charge on any atom is 0.199 e. The number of halogens is 1. The van der Waals surface area contributed by atoms with Gasteiger partial charge < -0.3 is 10.2 Å². The van der Waals surface area contributed by atoms with Gasteiger partial charge in [0.15, 0.2) is 17.3 Å². The molecule has 5 nitrogen and oxygen atoms in total. The monoisotopic (exact) mass is 506 g/mol. The summed E-state index contributed by atoms with van der Waals surface area (Å²) < 4.78 is 15.6. The van der Waals surface area contributed by atoms with Crippen LogP contribution in [0.25, 0.3) is 0 Å². The van der Waals surface area contributed by atoms with Crippen LogP contribution < -0.4 is 10.2 Å². The molecule has 3 aromatic carbocycles. The van der Waals surface area contributed by atoms with Crippen LogP contribution in [-0.2, 0) is 4.79 Å². The second kappa shape index (κ2) is 8.62. The third-order valence-electron chi connectivity index (χ3n) is 7.69. The average Bonchev–Trinajstić information content (AvgIpc) is 3.04. The van der Waals surface area contributed by atoms with Gasteiger partial charge in [0.2, 0.25) is 0 Å². The Bertz CT molecular complexity index is 1580. The van der Waals surface area contributed by atoms with Crippen molar-refractivity contribution in [2.75, 3.05) is 10.2 Å². The number of hydrogen-bond acceptors (Lipinski definition) is 5. The smallest absolute Gasteiger partial charge is 0.199 e. The number of fused-ring (bicyclic) bond motifs is 2. The summed E-state index contributed by atoms with van der Waals surface area (Å²) in [5.41, 5.74) is 3.72. The molecule has 0 saturated carbocycles. The van der Waals surface area contributed by atoms with Gasteiger partial charge in [0.1, 0.15) is 5.82 Å². The molecule has 2 aliphatic carbocycles. The molecule has 190 valence electrons. The fourth-order valence-corrected chi connectivity index (χ4v) is 6.05. The van der Waals surface area contributed by atoms with E-state index in [0.29, 0.717) is 46.5 Å². The first-order valence-corrected chi connectivity index (χ1v) is 12.7. The van der Waals surface area contributed by atoms with Gasteiger partial charge in [0.05, 0.1) is 23.0 Å². The predicted octanol–water partition coefficient (Wildman–Crippen LogP) is 6.80. The number of allylic oxidation sites excluding steroid dienone is 3. The Balaban J connectivity index is 1.67. The van der Waals surface area contributed by atoms with Crippen molar-refractivity contribution in [1.82, 2.24) is 0 Å². The topological polar surface area (TPSA) is 66.5 Å². The fraction of sp³-hybridized carbons (Fsp3) is 0.219. The van der Waals surface area contributed by atoms with E-state index in [2.05, 4.69) is 5.32 Å². The van der Waals surface area contributed by atoms with Crippen molar-refractivity contribution in [3.63, 3.8) is 0 Å². The van der Waals surface area contributed by atoms with Gasteiger partial charge in [-0.3, -0.25) is 14.4 Å². The summed E-state index contributed by atoms with van der Waals surface area (Å²) in [6.45, 7) is 5.80. The molecule has 3 aromatic rings. The lowest BCUT2D eigenvalue weighted by Crippen LogP contribution is -2.36. The Morgan fingerprint density at radius 1 is 0.868 bits per heavy atom. The highest BCUT2D eigenvalue weighted by molar-refractivity contribution is 6.40. The molecule has 0 spiro atoms. The first kappa shape index (κ1) is 24.0. The van der Waals surface area contributed by atoms with Crippen LogP contribution in [0, 0.1) is 11.2 Å². The molecule has 1 aliphatic heterocycles. The van der Waals surface area contributed by atoms with Crippen LogP contribution in [-0.4, -0.2) is 17.3 Å². The quantitative estimate of drug-likeness (QED) is 0.306. The molecule has 0 saturated heterocycles. The first-order valence-electron chi connectivity index (χ1n) is 12.7. The van der Waals surface area contributed by atoms with Crippen LogP contribution in [0.4, 0.5) is 15.8 Å². The van der Waals surface area contributed by atoms with Gasteiger partial charge in [-0.15, -0.1) is 0 Å². The van der Waals surface area contributed by atoms with E-state index in [0.717, 1.165) is 11.4 Å². The molecule has 1 N–H and O–H groups in total. The Morgan fingerprint density at radius 3 is 2.16 bits per heavy atom. The maximum atomic E-state index is 15.6.